The SMILES string of the molecule is N#Cc1c(NC(=O)C=Cc2ccccc2)sc2c1CCN(C(=O)OCCO)C2. The van der Waals surface area contributed by atoms with Crippen LogP contribution in [0.1, 0.15) is 21.6 Å². The number of nitrogens with one attached hydrogen (secondary N) is 1. The Kier molecular flexibility index (Phi) is 6.42. The minimum absolute atomic E-state index is 0.0505. The molecule has 8 heteroatoms. The van der Waals surface area contributed by atoms with Gasteiger partial charge in [0.2, 0.25) is 5.91 Å². The first-order chi connectivity index (χ1) is 13.6. The molecule has 0 saturated carbocycles. The molecule has 7 nitrogen and oxygen atoms in total. The molecule has 1 aliphatic rings. The number of carbonyl (C=O) groups is 2. The van der Waals surface area contributed by atoms with Crippen LogP contribution < -0.4 is 5.32 Å². The highest BCUT2D eigenvalue weighted by atomic mass is 32.1. The summed E-state index contributed by atoms with van der Waals surface area (Å²) in [5, 5.41) is 21.6. The van der Waals surface area contributed by atoms with E-state index in [1.807, 2.05) is 30.3 Å². The van der Waals surface area contributed by atoms with Gasteiger partial charge in [0.15, 0.2) is 0 Å². The largest absolute Gasteiger partial charge is 0.447 e. The normalized spacial score (nSPS) is 13.1. The van der Waals surface area contributed by atoms with Crippen LogP contribution in [0.2, 0.25) is 0 Å². The minimum atomic E-state index is -0.497. The van der Waals surface area contributed by atoms with Crippen LogP contribution in [-0.4, -0.2) is 41.8 Å². The molecule has 0 spiro atoms. The summed E-state index contributed by atoms with van der Waals surface area (Å²) in [6.07, 6.45) is 3.14. The van der Waals surface area contributed by atoms with Crippen molar-refractivity contribution in [2.45, 2.75) is 13.0 Å². The number of thiophene rings is 1. The van der Waals surface area contributed by atoms with Crippen LogP contribution in [0.25, 0.3) is 6.08 Å². The number of anilines is 1. The summed E-state index contributed by atoms with van der Waals surface area (Å²) >= 11 is 1.29. The lowest BCUT2D eigenvalue weighted by Crippen LogP contribution is -2.36. The summed E-state index contributed by atoms with van der Waals surface area (Å²) < 4.78 is 4.95. The zero-order valence-electron chi connectivity index (χ0n) is 15.1. The fourth-order valence-electron chi connectivity index (χ4n) is 2.88. The van der Waals surface area contributed by atoms with Crippen molar-refractivity contribution in [3.63, 3.8) is 0 Å². The van der Waals surface area contributed by atoms with Gasteiger partial charge in [-0.25, -0.2) is 4.79 Å². The predicted octanol–water partition coefficient (Wildman–Crippen LogP) is 2.76. The molecule has 2 amide bonds. The lowest BCUT2D eigenvalue weighted by molar-refractivity contribution is -0.111. The molecular formula is C20H19N3O4S. The highest BCUT2D eigenvalue weighted by Gasteiger charge is 2.28. The Balaban J connectivity index is 1.71. The molecular weight excluding hydrogens is 378 g/mol. The van der Waals surface area contributed by atoms with E-state index in [1.54, 1.807) is 6.08 Å². The van der Waals surface area contributed by atoms with E-state index < -0.39 is 6.09 Å². The second kappa shape index (κ2) is 9.17. The van der Waals surface area contributed by atoms with Crippen molar-refractivity contribution in [3.05, 3.63) is 58.0 Å². The van der Waals surface area contributed by atoms with E-state index >= 15 is 0 Å². The first-order valence-electron chi connectivity index (χ1n) is 8.73. The Morgan fingerprint density at radius 2 is 2.14 bits per heavy atom. The van der Waals surface area contributed by atoms with Crippen LogP contribution in [0.15, 0.2) is 36.4 Å². The first kappa shape index (κ1) is 19.6. The van der Waals surface area contributed by atoms with Crippen molar-refractivity contribution < 1.29 is 19.4 Å². The Morgan fingerprint density at radius 1 is 1.36 bits per heavy atom. The molecule has 28 heavy (non-hydrogen) atoms. The fraction of sp³-hybridized carbons (Fsp3) is 0.250. The molecule has 0 unspecified atom stereocenters. The minimum Gasteiger partial charge on any atom is -0.447 e. The number of ether oxygens (including phenoxy) is 1. The van der Waals surface area contributed by atoms with E-state index in [0.29, 0.717) is 30.1 Å². The van der Waals surface area contributed by atoms with Gasteiger partial charge in [-0.2, -0.15) is 5.26 Å². The van der Waals surface area contributed by atoms with Gasteiger partial charge >= 0.3 is 6.09 Å². The van der Waals surface area contributed by atoms with Crippen molar-refractivity contribution >= 4 is 34.4 Å². The van der Waals surface area contributed by atoms with E-state index in [9.17, 15) is 14.9 Å². The molecule has 2 heterocycles. The predicted molar refractivity (Wildman–Crippen MR) is 106 cm³/mol. The van der Waals surface area contributed by atoms with Gasteiger partial charge < -0.3 is 20.1 Å². The number of fused-ring (bicyclic) bond motifs is 1. The molecule has 1 aromatic heterocycles. The molecule has 1 aromatic carbocycles. The van der Waals surface area contributed by atoms with Gasteiger partial charge in [0.05, 0.1) is 18.7 Å². The zero-order valence-corrected chi connectivity index (χ0v) is 15.9. The van der Waals surface area contributed by atoms with Gasteiger partial charge in [-0.05, 0) is 23.6 Å². The molecule has 3 rings (SSSR count). The number of hydrogen-bond donors (Lipinski definition) is 2. The first-order valence-corrected chi connectivity index (χ1v) is 9.55. The van der Waals surface area contributed by atoms with Gasteiger partial charge in [-0.15, -0.1) is 11.3 Å². The molecule has 0 radical (unpaired) electrons. The molecule has 2 aromatic rings. The van der Waals surface area contributed by atoms with Crippen LogP contribution in [0.5, 0.6) is 0 Å². The van der Waals surface area contributed by atoms with Crippen LogP contribution in [0, 0.1) is 11.3 Å². The molecule has 2 N–H and O–H groups in total. The van der Waals surface area contributed by atoms with Crippen molar-refractivity contribution in [2.75, 3.05) is 25.1 Å². The van der Waals surface area contributed by atoms with Crippen LogP contribution in [0.4, 0.5) is 9.80 Å². The molecule has 0 atom stereocenters. The Labute approximate surface area is 166 Å². The van der Waals surface area contributed by atoms with E-state index in [0.717, 1.165) is 16.0 Å². The molecule has 0 aliphatic carbocycles. The topological polar surface area (TPSA) is 103 Å². The second-order valence-corrected chi connectivity index (χ2v) is 7.17. The van der Waals surface area contributed by atoms with Crippen LogP contribution in [-0.2, 0) is 22.5 Å². The Hall–Kier alpha value is -3.15. The highest BCUT2D eigenvalue weighted by Crippen LogP contribution is 2.36. The lowest BCUT2D eigenvalue weighted by Gasteiger charge is -2.26. The average Bonchev–Trinajstić information content (AvgIpc) is 3.07. The summed E-state index contributed by atoms with van der Waals surface area (Å²) in [7, 11) is 0. The summed E-state index contributed by atoms with van der Waals surface area (Å²) in [4.78, 5) is 26.6. The Bertz CT molecular complexity index is 931. The van der Waals surface area contributed by atoms with Gasteiger partial charge in [-0.1, -0.05) is 30.3 Å². The summed E-state index contributed by atoms with van der Waals surface area (Å²) in [5.41, 5.74) is 2.21. The second-order valence-electron chi connectivity index (χ2n) is 6.06. The number of hydrogen-bond acceptors (Lipinski definition) is 6. The third-order valence-corrected chi connectivity index (χ3v) is 5.34. The maximum atomic E-state index is 12.2. The summed E-state index contributed by atoms with van der Waals surface area (Å²) in [6, 6.07) is 11.6. The van der Waals surface area contributed by atoms with Gasteiger partial charge in [0.1, 0.15) is 17.7 Å². The van der Waals surface area contributed by atoms with Gasteiger partial charge in [-0.3, -0.25) is 4.79 Å². The maximum Gasteiger partial charge on any atom is 0.410 e. The number of benzene rings is 1. The summed E-state index contributed by atoms with van der Waals surface area (Å²) in [6.45, 7) is 0.457. The van der Waals surface area contributed by atoms with Gasteiger partial charge in [0, 0.05) is 17.5 Å². The van der Waals surface area contributed by atoms with Crippen molar-refractivity contribution in [1.82, 2.24) is 4.90 Å². The molecule has 144 valence electrons. The van der Waals surface area contributed by atoms with E-state index in [1.165, 1.54) is 22.3 Å². The fourth-order valence-corrected chi connectivity index (χ4v) is 4.10. The molecule has 0 saturated heterocycles. The standard InChI is InChI=1S/C20H19N3O4S/c21-12-16-15-8-9-23(20(26)27-11-10-24)13-17(15)28-19(16)22-18(25)7-6-14-4-2-1-3-5-14/h1-7,24H,8-11,13H2,(H,22,25). The molecule has 0 bridgehead atoms. The lowest BCUT2D eigenvalue weighted by atomic mass is 10.0. The Morgan fingerprint density at radius 3 is 2.86 bits per heavy atom. The van der Waals surface area contributed by atoms with Crippen molar-refractivity contribution in [3.8, 4) is 6.07 Å². The quantitative estimate of drug-likeness (QED) is 0.755. The van der Waals surface area contributed by atoms with Crippen LogP contribution >= 0.6 is 11.3 Å². The molecule has 1 aliphatic heterocycles. The smallest absolute Gasteiger partial charge is 0.410 e. The monoisotopic (exact) mass is 397 g/mol. The van der Waals surface area contributed by atoms with E-state index in [2.05, 4.69) is 11.4 Å². The number of nitriles is 1. The zero-order chi connectivity index (χ0) is 19.9. The highest BCUT2D eigenvalue weighted by molar-refractivity contribution is 7.16. The van der Waals surface area contributed by atoms with E-state index in [4.69, 9.17) is 9.84 Å². The maximum absolute atomic E-state index is 12.2. The third kappa shape index (κ3) is 4.57. The molecule has 0 fully saturated rings. The number of aliphatic hydroxyl groups is 1. The number of nitrogens with zero attached hydrogens (tertiary/aromatic N) is 2. The average molecular weight is 397 g/mol. The number of aliphatic hydroxyl groups excluding tert-OH is 1. The van der Waals surface area contributed by atoms with Crippen LogP contribution in [0.3, 0.4) is 0 Å². The summed E-state index contributed by atoms with van der Waals surface area (Å²) in [5.74, 6) is -0.321. The van der Waals surface area contributed by atoms with Gasteiger partial charge in [0.25, 0.3) is 0 Å². The number of amides is 2. The van der Waals surface area contributed by atoms with E-state index in [-0.39, 0.29) is 19.1 Å². The number of carbonyl (C=O) groups excluding carboxylic acids is 2. The third-order valence-electron chi connectivity index (χ3n) is 4.21. The van der Waals surface area contributed by atoms with Crippen molar-refractivity contribution in [1.29, 1.82) is 5.26 Å². The van der Waals surface area contributed by atoms with Crippen molar-refractivity contribution in [2.24, 2.45) is 0 Å². The number of rotatable bonds is 5.